The second-order valence-corrected chi connectivity index (χ2v) is 48.0. The average molecular weight is 2100 g/mol. The first-order valence-electron chi connectivity index (χ1n) is 31.2. The Labute approximate surface area is 723 Å². The fourth-order valence-corrected chi connectivity index (χ4v) is 14.0. The molecule has 35 heteroatoms. The van der Waals surface area contributed by atoms with Crippen molar-refractivity contribution in [1.29, 1.82) is 0 Å². The molecule has 0 aliphatic carbocycles. The van der Waals surface area contributed by atoms with E-state index in [0.29, 0.717) is 61.6 Å². The summed E-state index contributed by atoms with van der Waals surface area (Å²) in [5.41, 5.74) is 14.8. The third-order valence-corrected chi connectivity index (χ3v) is 21.2. The van der Waals surface area contributed by atoms with E-state index in [2.05, 4.69) is 258 Å². The minimum atomic E-state index is -2.20. The summed E-state index contributed by atoms with van der Waals surface area (Å²) < 4.78 is 37.5. The SMILES string of the molecule is Brc1nnc2cc(SCc3ccccc3)ccc2c1Br.C.CC(=O)c1ccc(Br)cc1N.COc1cc(-c2cccc(F)c2)c(Cl)cc1O[B]O.O=P(Br)(Br)Br.O=c1c(Br)n[nH]c2cc(SCc3ccccc3)ccc12.O=c1cn[nH]c2cc(Br)ccc12.O=c1cn[nH]c2cc(SCc3ccccc3)ccc12.[B]=NS. The molecule has 18 nitrogen and oxygen atoms in total. The number of ketones is 1. The number of hydrogen-bond donors (Lipinski definition) is 6. The molecule has 14 rings (SSSR count). The van der Waals surface area contributed by atoms with E-state index in [1.807, 2.05) is 91.0 Å². The number of thioether (sulfide) groups is 3. The molecule has 564 valence electrons. The zero-order chi connectivity index (χ0) is 79.0. The number of nitrogen functional groups attached to an aromatic ring is 1. The number of H-pyrrole nitrogens is 3. The maximum absolute atomic E-state index is 13.2. The van der Waals surface area contributed by atoms with Crippen molar-refractivity contribution in [3.05, 3.63) is 317 Å². The number of benzene rings is 10. The molecule has 0 amide bonds. The van der Waals surface area contributed by atoms with Crippen LogP contribution in [0.4, 0.5) is 10.1 Å². The van der Waals surface area contributed by atoms with Gasteiger partial charge in [0.1, 0.15) is 16.2 Å². The van der Waals surface area contributed by atoms with Gasteiger partial charge in [0, 0.05) is 132 Å². The van der Waals surface area contributed by atoms with Crippen molar-refractivity contribution >= 4 is 259 Å². The van der Waals surface area contributed by atoms with E-state index in [4.69, 9.17) is 31.7 Å². The topological polar surface area (TPSA) is 274 Å². The number of thiol groups is 1. The Morgan fingerprint density at radius 2 is 1.07 bits per heavy atom. The molecule has 14 aromatic rings. The van der Waals surface area contributed by atoms with E-state index in [1.165, 1.54) is 66.2 Å². The molecule has 0 aliphatic heterocycles. The molecule has 0 unspecified atom stereocenters. The number of halogens is 10. The minimum absolute atomic E-state index is 0. The van der Waals surface area contributed by atoms with Crippen LogP contribution in [-0.2, 0) is 21.8 Å². The fourth-order valence-electron chi connectivity index (χ4n) is 9.30. The van der Waals surface area contributed by atoms with Crippen LogP contribution in [0.1, 0.15) is 41.4 Å². The van der Waals surface area contributed by atoms with Crippen molar-refractivity contribution in [2.45, 2.75) is 46.3 Å². The number of anilines is 1. The van der Waals surface area contributed by atoms with E-state index < -0.39 is 3.25 Å². The van der Waals surface area contributed by atoms with Gasteiger partial charge in [-0.3, -0.25) is 39.0 Å². The third-order valence-electron chi connectivity index (χ3n) is 14.3. The molecule has 0 saturated heterocycles. The number of aromatic amines is 3. The van der Waals surface area contributed by atoms with Crippen LogP contribution in [0.2, 0.25) is 5.02 Å². The first kappa shape index (κ1) is 92.5. The number of nitrogens with two attached hydrogens (primary N) is 1. The van der Waals surface area contributed by atoms with Crippen molar-refractivity contribution in [3.8, 4) is 22.6 Å². The van der Waals surface area contributed by atoms with Crippen LogP contribution in [0, 0.1) is 5.82 Å². The Kier molecular flexibility index (Phi) is 40.3. The second-order valence-electron chi connectivity index (χ2n) is 21.7. The van der Waals surface area contributed by atoms with Crippen molar-refractivity contribution in [2.24, 2.45) is 4.30 Å². The van der Waals surface area contributed by atoms with Gasteiger partial charge in [0.15, 0.2) is 16.1 Å². The molecule has 2 radical (unpaired) electrons. The predicted octanol–water partition coefficient (Wildman–Crippen LogP) is 23.7. The molecule has 6 N–H and O–H groups in total. The van der Waals surface area contributed by atoms with E-state index in [0.717, 1.165) is 72.5 Å². The quantitative estimate of drug-likeness (QED) is 0.0147. The van der Waals surface area contributed by atoms with Gasteiger partial charge in [-0.2, -0.15) is 15.3 Å². The van der Waals surface area contributed by atoms with Gasteiger partial charge in [-0.25, -0.2) is 4.39 Å². The van der Waals surface area contributed by atoms with E-state index in [9.17, 15) is 28.1 Å². The summed E-state index contributed by atoms with van der Waals surface area (Å²) in [6.45, 7) is 1.50. The monoisotopic (exact) mass is 2100 g/mol. The molecule has 10 aromatic carbocycles. The Balaban J connectivity index is 0.000000204. The molecule has 0 spiro atoms. The molecule has 4 heterocycles. The number of rotatable bonds is 14. The van der Waals surface area contributed by atoms with Crippen LogP contribution < -0.4 is 31.4 Å². The first-order valence-corrected chi connectivity index (χ1v) is 46.7. The van der Waals surface area contributed by atoms with Crippen LogP contribution in [0.3, 0.4) is 0 Å². The molecular weight excluding hydrogens is 2040 g/mol. The number of nitrogens with one attached hydrogen (secondary N) is 3. The fraction of sp³-hybridized carbons (Fsp3) is 0.0800. The van der Waals surface area contributed by atoms with Gasteiger partial charge in [-0.05, 0) is 180 Å². The van der Waals surface area contributed by atoms with E-state index >= 15 is 0 Å². The van der Waals surface area contributed by atoms with Gasteiger partial charge in [-0.1, -0.05) is 160 Å². The summed E-state index contributed by atoms with van der Waals surface area (Å²) in [7, 11) is 6.34. The number of carbonyl (C=O) groups excluding carboxylic acids is 1. The summed E-state index contributed by atoms with van der Waals surface area (Å²) in [5, 5.41) is 40.3. The number of aromatic nitrogens is 8. The zero-order valence-corrected chi connectivity index (χ0v) is 74.4. The maximum atomic E-state index is 13.2. The summed E-state index contributed by atoms with van der Waals surface area (Å²) in [4.78, 5) is 49.0. The molecule has 4 aromatic heterocycles. The predicted molar refractivity (Wildman–Crippen MR) is 484 cm³/mol. The normalized spacial score (nSPS) is 10.3. The van der Waals surface area contributed by atoms with Crippen molar-refractivity contribution in [2.75, 3.05) is 12.8 Å². The summed E-state index contributed by atoms with van der Waals surface area (Å²) in [5.74, 6) is 3.07. The number of nitrogens with zero attached hydrogens (tertiary/aromatic N) is 6. The second kappa shape index (κ2) is 48.0. The van der Waals surface area contributed by atoms with E-state index in [-0.39, 0.29) is 41.1 Å². The van der Waals surface area contributed by atoms with Gasteiger partial charge in [0.05, 0.1) is 51.1 Å². The Hall–Kier alpha value is -6.39. The zero-order valence-electron chi connectivity index (χ0n) is 56.7. The first-order chi connectivity index (χ1) is 52.2. The van der Waals surface area contributed by atoms with Crippen molar-refractivity contribution in [3.63, 3.8) is 0 Å². The number of carbonyl (C=O) groups is 1. The van der Waals surface area contributed by atoms with Crippen molar-refractivity contribution in [1.82, 2.24) is 40.8 Å². The summed E-state index contributed by atoms with van der Waals surface area (Å²) >= 11 is 39.5. The van der Waals surface area contributed by atoms with Crippen LogP contribution in [-0.4, -0.2) is 74.0 Å². The van der Waals surface area contributed by atoms with Crippen LogP contribution in [0.25, 0.3) is 54.7 Å². The van der Waals surface area contributed by atoms with Gasteiger partial charge in [-0.15, -0.1) is 45.5 Å². The third kappa shape index (κ3) is 30.8. The van der Waals surface area contributed by atoms with Gasteiger partial charge < -0.3 is 20.1 Å². The number of methoxy groups -OCH3 is 1. The van der Waals surface area contributed by atoms with E-state index in [1.54, 1.807) is 77.8 Å². The van der Waals surface area contributed by atoms with Crippen LogP contribution in [0.5, 0.6) is 11.5 Å². The number of Topliss-reactive ketones (excluding diaryl/α,β-unsaturated/α-hetero) is 1. The molecule has 0 bridgehead atoms. The molecule has 0 fully saturated rings. The Morgan fingerprint density at radius 1 is 0.609 bits per heavy atom. The average Bonchev–Trinajstić information content (AvgIpc) is 0.823. The van der Waals surface area contributed by atoms with Gasteiger partial charge in [0.2, 0.25) is 16.3 Å². The standard InChI is InChI=1S/C15H10Br2N2S.C15H11BrN2OS.C15H12N2OS.C13H10BClFO3.C8H5BrN2O.C8H8BrNO.CH4.BHNS.Br3OP/c16-14-12-7-6-11(8-13(12)18-19-15(14)17)20-9-10-4-2-1-3-5-10;16-15-14(19)12-7-6-11(8-13(12)17-18-15)20-9-10-4-2-1-3-5-10;18-15-9-16-17-14-8-12(6-7-13(14)15)19-10-11-4-2-1-3-5-11;1-18-12-6-10(8-3-2-4-9(16)5-8)11(15)7-13(12)19-14-17;9-5-1-2-6-7(3-5)11-10-4-8(6)12;1-5(11)7-3-2-6(9)4-8(7)10;;1-2-3;1-5(2,3)4/h1-8H,9H2;1-8H,9H2,(H,17,19);1-9H,10H2,(H,17,18);2-7,17H,1H3;1-4H,(H,11,12);2-4H,10H2,1H3;1H4;3H;. The molecule has 0 saturated carbocycles. The van der Waals surface area contributed by atoms with Crippen molar-refractivity contribution < 1.29 is 28.2 Å². The Bertz CT molecular complexity index is 5630. The summed E-state index contributed by atoms with van der Waals surface area (Å²) in [6.07, 6.45) is 2.58. The Morgan fingerprint density at radius 3 is 1.56 bits per heavy atom. The van der Waals surface area contributed by atoms with Crippen LogP contribution >= 0.6 is 189 Å². The molecule has 0 aliphatic rings. The van der Waals surface area contributed by atoms with Crippen LogP contribution in [0.15, 0.2) is 287 Å². The number of hydrogen-bond acceptors (Lipinski definition) is 19. The van der Waals surface area contributed by atoms with Gasteiger partial charge in [0.25, 0.3) is 3.25 Å². The number of ether oxygens (including phenoxy) is 1. The molecule has 110 heavy (non-hydrogen) atoms. The number of fused-ring (bicyclic) bond motifs is 4. The van der Waals surface area contributed by atoms with Gasteiger partial charge >= 0.3 is 32.4 Å². The summed E-state index contributed by atoms with van der Waals surface area (Å²) in [6, 6.07) is 68.7. The molecular formula is C75H61B2Br8ClFN10O8PS4. The molecule has 0 atom stereocenters.